The minimum Gasteiger partial charge on any atom is -0.252 e. The molecule has 0 spiro atoms. The molecule has 1 rings (SSSR count). The maximum atomic E-state index is 10.7. The smallest absolute Gasteiger partial charge is 0.181 e. The van der Waals surface area contributed by atoms with Crippen LogP contribution in [0.4, 0.5) is 0 Å². The van der Waals surface area contributed by atoms with Crippen LogP contribution in [0.1, 0.15) is 0 Å². The Labute approximate surface area is 67.9 Å². The van der Waals surface area contributed by atoms with Crippen LogP contribution in [-0.4, -0.2) is 15.4 Å². The highest BCUT2D eigenvalue weighted by atomic mass is 79.9. The molecule has 0 aliphatic carbocycles. The van der Waals surface area contributed by atoms with E-state index in [0.29, 0.717) is 4.34 Å². The van der Waals surface area contributed by atoms with Crippen LogP contribution in [0.5, 0.6) is 0 Å². The van der Waals surface area contributed by atoms with Crippen molar-refractivity contribution in [2.75, 3.05) is 6.26 Å². The Morgan fingerprint density at radius 2 is 2.56 bits per heavy atom. The normalized spacial score (nSPS) is 13.6. The third-order valence-corrected chi connectivity index (χ3v) is 3.52. The average Bonchev–Trinajstić information content (AvgIpc) is 2.14. The number of halogens is 1. The zero-order valence-electron chi connectivity index (χ0n) is 4.63. The highest BCUT2D eigenvalue weighted by Crippen LogP contribution is 2.20. The third-order valence-electron chi connectivity index (χ3n) is 0.702. The van der Waals surface area contributed by atoms with Gasteiger partial charge in [0.15, 0.2) is 4.34 Å². The van der Waals surface area contributed by atoms with Gasteiger partial charge in [-0.25, -0.2) is 4.98 Å². The van der Waals surface area contributed by atoms with Crippen molar-refractivity contribution >= 4 is 38.1 Å². The predicted molar refractivity (Wildman–Crippen MR) is 42.1 cm³/mol. The zero-order valence-corrected chi connectivity index (χ0v) is 7.85. The SMILES string of the molecule is CS(=O)c1ncc(Br)s1. The molecule has 0 aliphatic heterocycles. The van der Waals surface area contributed by atoms with Gasteiger partial charge in [-0.1, -0.05) is 11.3 Å². The summed E-state index contributed by atoms with van der Waals surface area (Å²) in [5.74, 6) is 0. The lowest BCUT2D eigenvalue weighted by molar-refractivity contribution is 0.686. The van der Waals surface area contributed by atoms with Crippen molar-refractivity contribution in [1.29, 1.82) is 0 Å². The van der Waals surface area contributed by atoms with Crippen molar-refractivity contribution in [3.05, 3.63) is 9.98 Å². The molecule has 5 heteroatoms. The fourth-order valence-electron chi connectivity index (χ4n) is 0.372. The monoisotopic (exact) mass is 225 g/mol. The van der Waals surface area contributed by atoms with Gasteiger partial charge in [-0.3, -0.25) is 4.21 Å². The minimum absolute atomic E-state index is 0.668. The van der Waals surface area contributed by atoms with Crippen LogP contribution in [0.15, 0.2) is 14.3 Å². The van der Waals surface area contributed by atoms with Gasteiger partial charge in [0.2, 0.25) is 0 Å². The first-order valence-corrected chi connectivity index (χ1v) is 5.31. The molecule has 0 fully saturated rings. The van der Waals surface area contributed by atoms with Crippen molar-refractivity contribution in [2.24, 2.45) is 0 Å². The maximum absolute atomic E-state index is 10.7. The number of hydrogen-bond donors (Lipinski definition) is 0. The van der Waals surface area contributed by atoms with E-state index in [1.807, 2.05) is 0 Å². The summed E-state index contributed by atoms with van der Waals surface area (Å²) < 4.78 is 12.3. The van der Waals surface area contributed by atoms with Gasteiger partial charge in [0, 0.05) is 6.26 Å². The minimum atomic E-state index is -0.931. The van der Waals surface area contributed by atoms with E-state index >= 15 is 0 Å². The molecule has 2 nitrogen and oxygen atoms in total. The second-order valence-corrected chi connectivity index (χ2v) is 5.35. The molecule has 1 aromatic heterocycles. The van der Waals surface area contributed by atoms with E-state index in [1.54, 1.807) is 12.5 Å². The summed E-state index contributed by atoms with van der Waals surface area (Å²) >= 11 is 4.62. The van der Waals surface area contributed by atoms with Crippen molar-refractivity contribution in [2.45, 2.75) is 4.34 Å². The summed E-state index contributed by atoms with van der Waals surface area (Å²) in [4.78, 5) is 3.89. The maximum Gasteiger partial charge on any atom is 0.181 e. The van der Waals surface area contributed by atoms with Gasteiger partial charge in [-0.05, 0) is 15.9 Å². The number of hydrogen-bond acceptors (Lipinski definition) is 3. The summed E-state index contributed by atoms with van der Waals surface area (Å²) in [5.41, 5.74) is 0. The second-order valence-electron chi connectivity index (χ2n) is 1.38. The second kappa shape index (κ2) is 2.90. The van der Waals surface area contributed by atoms with E-state index < -0.39 is 10.8 Å². The summed E-state index contributed by atoms with van der Waals surface area (Å²) in [6.45, 7) is 0. The Kier molecular flexibility index (Phi) is 2.37. The summed E-state index contributed by atoms with van der Waals surface area (Å²) in [6.07, 6.45) is 3.27. The lowest BCUT2D eigenvalue weighted by atomic mass is 11.0. The highest BCUT2D eigenvalue weighted by Gasteiger charge is 2.00. The molecular weight excluding hydrogens is 222 g/mol. The first-order chi connectivity index (χ1) is 4.20. The quantitative estimate of drug-likeness (QED) is 0.728. The molecule has 0 N–H and O–H groups in total. The van der Waals surface area contributed by atoms with Gasteiger partial charge in [-0.15, -0.1) is 0 Å². The largest absolute Gasteiger partial charge is 0.252 e. The van der Waals surface area contributed by atoms with Crippen molar-refractivity contribution < 1.29 is 4.21 Å². The Hall–Kier alpha value is 0.260. The first kappa shape index (κ1) is 7.37. The van der Waals surface area contributed by atoms with E-state index in [2.05, 4.69) is 20.9 Å². The van der Waals surface area contributed by atoms with Crippen LogP contribution in [0.3, 0.4) is 0 Å². The van der Waals surface area contributed by atoms with Crippen LogP contribution in [0, 0.1) is 0 Å². The third kappa shape index (κ3) is 1.84. The van der Waals surface area contributed by atoms with Gasteiger partial charge >= 0.3 is 0 Å². The molecule has 1 heterocycles. The van der Waals surface area contributed by atoms with Crippen LogP contribution in [0.25, 0.3) is 0 Å². The molecule has 50 valence electrons. The molecule has 1 unspecified atom stereocenters. The Morgan fingerprint density at radius 3 is 2.78 bits per heavy atom. The number of aromatic nitrogens is 1. The Balaban J connectivity index is 2.98. The molecule has 0 aromatic carbocycles. The molecule has 0 saturated heterocycles. The summed E-state index contributed by atoms with van der Waals surface area (Å²) in [7, 11) is -0.931. The molecule has 1 atom stereocenters. The number of rotatable bonds is 1. The van der Waals surface area contributed by atoms with E-state index in [1.165, 1.54) is 11.3 Å². The molecule has 1 aromatic rings. The lowest BCUT2D eigenvalue weighted by Crippen LogP contribution is -1.82. The van der Waals surface area contributed by atoms with Crippen molar-refractivity contribution in [1.82, 2.24) is 4.98 Å². The van der Waals surface area contributed by atoms with E-state index in [-0.39, 0.29) is 0 Å². The standard InChI is InChI=1S/C4H4BrNOS2/c1-9(7)4-6-2-3(5)8-4/h2H,1H3. The molecule has 0 radical (unpaired) electrons. The number of thiazole rings is 1. The Bertz CT molecular complexity index is 234. The summed E-state index contributed by atoms with van der Waals surface area (Å²) in [6, 6.07) is 0. The average molecular weight is 226 g/mol. The highest BCUT2D eigenvalue weighted by molar-refractivity contribution is 9.11. The topological polar surface area (TPSA) is 30.0 Å². The van der Waals surface area contributed by atoms with Gasteiger partial charge in [-0.2, -0.15) is 0 Å². The molecule has 0 saturated carbocycles. The fourth-order valence-corrected chi connectivity index (χ4v) is 2.57. The van der Waals surface area contributed by atoms with E-state index in [4.69, 9.17) is 0 Å². The lowest BCUT2D eigenvalue weighted by Gasteiger charge is -1.80. The van der Waals surface area contributed by atoms with Crippen LogP contribution >= 0.6 is 27.3 Å². The van der Waals surface area contributed by atoms with E-state index in [0.717, 1.165) is 3.79 Å². The van der Waals surface area contributed by atoms with Gasteiger partial charge in [0.05, 0.1) is 20.8 Å². The van der Waals surface area contributed by atoms with Crippen molar-refractivity contribution in [3.8, 4) is 0 Å². The summed E-state index contributed by atoms with van der Waals surface area (Å²) in [5, 5.41) is 0. The van der Waals surface area contributed by atoms with Crippen LogP contribution < -0.4 is 0 Å². The molecule has 9 heavy (non-hydrogen) atoms. The predicted octanol–water partition coefficient (Wildman–Crippen LogP) is 1.64. The molecular formula is C4H4BrNOS2. The van der Waals surface area contributed by atoms with Gasteiger partial charge in [0.25, 0.3) is 0 Å². The van der Waals surface area contributed by atoms with Gasteiger partial charge < -0.3 is 0 Å². The fraction of sp³-hybridized carbons (Fsp3) is 0.250. The van der Waals surface area contributed by atoms with Crippen LogP contribution in [-0.2, 0) is 10.8 Å². The first-order valence-electron chi connectivity index (χ1n) is 2.15. The molecule has 0 amide bonds. The van der Waals surface area contributed by atoms with Gasteiger partial charge in [0.1, 0.15) is 0 Å². The number of nitrogens with zero attached hydrogens (tertiary/aromatic N) is 1. The Morgan fingerprint density at radius 1 is 1.89 bits per heavy atom. The van der Waals surface area contributed by atoms with E-state index in [9.17, 15) is 4.21 Å². The van der Waals surface area contributed by atoms with Crippen LogP contribution in [0.2, 0.25) is 0 Å². The molecule has 0 aliphatic rings. The van der Waals surface area contributed by atoms with Crippen molar-refractivity contribution in [3.63, 3.8) is 0 Å². The molecule has 0 bridgehead atoms. The zero-order chi connectivity index (χ0) is 6.85.